The van der Waals surface area contributed by atoms with Crippen molar-refractivity contribution < 1.29 is 14.3 Å². The molecule has 0 amide bonds. The predicted octanol–water partition coefficient (Wildman–Crippen LogP) is 1.43. The van der Waals surface area contributed by atoms with Gasteiger partial charge in [-0.15, -0.1) is 0 Å². The Morgan fingerprint density at radius 3 is 2.67 bits per heavy atom. The highest BCUT2D eigenvalue weighted by Crippen LogP contribution is 2.29. The molecule has 0 bridgehead atoms. The summed E-state index contributed by atoms with van der Waals surface area (Å²) in [4.78, 5) is 22.6. The minimum absolute atomic E-state index is 0.173. The maximum atomic E-state index is 11.4. The predicted molar refractivity (Wildman–Crippen MR) is 53.3 cm³/mol. The monoisotopic (exact) mass is 208 g/mol. The number of rotatable bonds is 1. The molecule has 4 heteroatoms. The maximum Gasteiger partial charge on any atom is 0.350 e. The number of carbonyl (C=O) groups is 1. The van der Waals surface area contributed by atoms with Crippen molar-refractivity contribution in [3.8, 4) is 5.75 Å². The second-order valence-electron chi connectivity index (χ2n) is 3.78. The summed E-state index contributed by atoms with van der Waals surface area (Å²) >= 11 is 0. The van der Waals surface area contributed by atoms with Crippen LogP contribution in [-0.2, 0) is 12.8 Å². The van der Waals surface area contributed by atoms with Crippen molar-refractivity contribution in [3.05, 3.63) is 27.3 Å². The Labute approximate surface area is 86.5 Å². The number of fused-ring (bicyclic) bond motifs is 1. The van der Waals surface area contributed by atoms with Gasteiger partial charge < -0.3 is 9.52 Å². The molecule has 0 unspecified atom stereocenters. The van der Waals surface area contributed by atoms with Crippen molar-refractivity contribution in [2.75, 3.05) is 0 Å². The smallest absolute Gasteiger partial charge is 0.350 e. The molecule has 0 spiro atoms. The largest absolute Gasteiger partial charge is 0.506 e. The molecule has 0 aromatic carbocycles. The summed E-state index contributed by atoms with van der Waals surface area (Å²) in [7, 11) is 0. The highest BCUT2D eigenvalue weighted by atomic mass is 16.4. The normalized spacial score (nSPS) is 14.7. The molecule has 0 saturated heterocycles. The summed E-state index contributed by atoms with van der Waals surface area (Å²) in [5.74, 6) is -0.0863. The van der Waals surface area contributed by atoms with Crippen LogP contribution in [0.15, 0.2) is 9.21 Å². The first-order valence-corrected chi connectivity index (χ1v) is 5.00. The zero-order valence-electron chi connectivity index (χ0n) is 8.50. The quantitative estimate of drug-likeness (QED) is 0.709. The lowest BCUT2D eigenvalue weighted by atomic mass is 9.94. The SMILES string of the molecule is CC(=O)c1c(O)c2c(oc1=O)CCCC2. The molecule has 4 nitrogen and oxygen atoms in total. The second-order valence-corrected chi connectivity index (χ2v) is 3.78. The van der Waals surface area contributed by atoms with Crippen LogP contribution in [0.2, 0.25) is 0 Å². The number of Topliss-reactive ketones (excluding diaryl/α,β-unsaturated/α-hetero) is 1. The van der Waals surface area contributed by atoms with E-state index < -0.39 is 11.4 Å². The Hall–Kier alpha value is -1.58. The Balaban J connectivity index is 2.70. The molecule has 1 aromatic heterocycles. The Morgan fingerprint density at radius 1 is 1.33 bits per heavy atom. The fourth-order valence-corrected chi connectivity index (χ4v) is 1.96. The van der Waals surface area contributed by atoms with E-state index in [1.165, 1.54) is 6.92 Å². The fraction of sp³-hybridized carbons (Fsp3) is 0.455. The van der Waals surface area contributed by atoms with Crippen molar-refractivity contribution in [1.82, 2.24) is 0 Å². The van der Waals surface area contributed by atoms with Crippen molar-refractivity contribution in [2.24, 2.45) is 0 Å². The number of aromatic hydroxyl groups is 1. The first-order chi connectivity index (χ1) is 7.11. The highest BCUT2D eigenvalue weighted by molar-refractivity contribution is 5.96. The minimum atomic E-state index is -0.722. The zero-order valence-corrected chi connectivity index (χ0v) is 8.50. The molecule has 0 radical (unpaired) electrons. The van der Waals surface area contributed by atoms with Gasteiger partial charge in [-0.1, -0.05) is 0 Å². The summed E-state index contributed by atoms with van der Waals surface area (Å²) in [5.41, 5.74) is -0.303. The molecule has 0 saturated carbocycles. The summed E-state index contributed by atoms with van der Waals surface area (Å²) < 4.78 is 5.04. The lowest BCUT2D eigenvalue weighted by molar-refractivity contribution is 0.101. The first kappa shape index (κ1) is 9.96. The van der Waals surface area contributed by atoms with Crippen LogP contribution >= 0.6 is 0 Å². The van der Waals surface area contributed by atoms with Gasteiger partial charge in [0.25, 0.3) is 0 Å². The van der Waals surface area contributed by atoms with Gasteiger partial charge in [0, 0.05) is 12.0 Å². The van der Waals surface area contributed by atoms with Crippen molar-refractivity contribution in [1.29, 1.82) is 0 Å². The maximum absolute atomic E-state index is 11.4. The van der Waals surface area contributed by atoms with Crippen LogP contribution in [0.3, 0.4) is 0 Å². The topological polar surface area (TPSA) is 67.5 Å². The summed E-state index contributed by atoms with van der Waals surface area (Å²) in [6.45, 7) is 1.25. The van der Waals surface area contributed by atoms with Gasteiger partial charge in [0.2, 0.25) is 0 Å². The van der Waals surface area contributed by atoms with Crippen molar-refractivity contribution >= 4 is 5.78 Å². The Kier molecular flexibility index (Phi) is 2.34. The van der Waals surface area contributed by atoms with Gasteiger partial charge in [0.15, 0.2) is 5.78 Å². The molecule has 1 N–H and O–H groups in total. The van der Waals surface area contributed by atoms with Gasteiger partial charge in [-0.25, -0.2) is 4.79 Å². The van der Waals surface area contributed by atoms with Crippen LogP contribution in [-0.4, -0.2) is 10.9 Å². The van der Waals surface area contributed by atoms with E-state index in [1.54, 1.807) is 0 Å². The highest BCUT2D eigenvalue weighted by Gasteiger charge is 2.23. The second kappa shape index (κ2) is 3.53. The molecular weight excluding hydrogens is 196 g/mol. The van der Waals surface area contributed by atoms with Crippen LogP contribution in [0.5, 0.6) is 5.75 Å². The van der Waals surface area contributed by atoms with E-state index in [4.69, 9.17) is 4.42 Å². The molecule has 1 heterocycles. The third-order valence-electron chi connectivity index (χ3n) is 2.71. The van der Waals surface area contributed by atoms with E-state index in [-0.39, 0.29) is 11.3 Å². The van der Waals surface area contributed by atoms with E-state index in [1.807, 2.05) is 0 Å². The molecule has 1 aliphatic carbocycles. The van der Waals surface area contributed by atoms with Gasteiger partial charge >= 0.3 is 5.63 Å². The molecule has 80 valence electrons. The standard InChI is InChI=1S/C11H12O4/c1-6(12)9-10(13)7-4-2-3-5-8(7)15-11(9)14/h13H,2-5H2,1H3. The molecule has 2 rings (SSSR count). The van der Waals surface area contributed by atoms with Crippen LogP contribution < -0.4 is 5.63 Å². The van der Waals surface area contributed by atoms with Crippen LogP contribution in [0.1, 0.15) is 41.4 Å². The number of hydrogen-bond acceptors (Lipinski definition) is 4. The average Bonchev–Trinajstić information content (AvgIpc) is 2.17. The molecule has 1 aromatic rings. The summed E-state index contributed by atoms with van der Waals surface area (Å²) in [6, 6.07) is 0. The first-order valence-electron chi connectivity index (χ1n) is 5.00. The molecule has 0 aliphatic heterocycles. The van der Waals surface area contributed by atoms with E-state index >= 15 is 0 Å². The number of carbonyl (C=O) groups excluding carboxylic acids is 1. The van der Waals surface area contributed by atoms with Gasteiger partial charge in [0.1, 0.15) is 17.1 Å². The minimum Gasteiger partial charge on any atom is -0.506 e. The van der Waals surface area contributed by atoms with Crippen molar-refractivity contribution in [3.63, 3.8) is 0 Å². The van der Waals surface area contributed by atoms with Gasteiger partial charge in [-0.05, 0) is 26.2 Å². The van der Waals surface area contributed by atoms with E-state index in [0.717, 1.165) is 12.8 Å². The lowest BCUT2D eigenvalue weighted by Crippen LogP contribution is -2.17. The number of aryl methyl sites for hydroxylation is 1. The summed E-state index contributed by atoms with van der Waals surface area (Å²) in [6.07, 6.45) is 3.24. The van der Waals surface area contributed by atoms with Gasteiger partial charge in [0.05, 0.1) is 0 Å². The zero-order chi connectivity index (χ0) is 11.0. The molecule has 0 fully saturated rings. The third-order valence-corrected chi connectivity index (χ3v) is 2.71. The van der Waals surface area contributed by atoms with Crippen molar-refractivity contribution in [2.45, 2.75) is 32.6 Å². The van der Waals surface area contributed by atoms with Crippen LogP contribution in [0.25, 0.3) is 0 Å². The van der Waals surface area contributed by atoms with Gasteiger partial charge in [-0.3, -0.25) is 4.79 Å². The van der Waals surface area contributed by atoms with Crippen LogP contribution in [0.4, 0.5) is 0 Å². The molecule has 0 atom stereocenters. The number of ketones is 1. The fourth-order valence-electron chi connectivity index (χ4n) is 1.96. The third kappa shape index (κ3) is 1.56. The van der Waals surface area contributed by atoms with E-state index in [2.05, 4.69) is 0 Å². The Morgan fingerprint density at radius 2 is 2.00 bits per heavy atom. The average molecular weight is 208 g/mol. The molecule has 1 aliphatic rings. The van der Waals surface area contributed by atoms with E-state index in [0.29, 0.717) is 24.2 Å². The molecular formula is C11H12O4. The lowest BCUT2D eigenvalue weighted by Gasteiger charge is -2.15. The summed E-state index contributed by atoms with van der Waals surface area (Å²) in [5, 5.41) is 9.81. The Bertz CT molecular complexity index is 470. The number of hydrogen-bond donors (Lipinski definition) is 1. The van der Waals surface area contributed by atoms with Gasteiger partial charge in [-0.2, -0.15) is 0 Å². The van der Waals surface area contributed by atoms with E-state index in [9.17, 15) is 14.7 Å². The van der Waals surface area contributed by atoms with Crippen LogP contribution in [0, 0.1) is 0 Å². The molecule has 15 heavy (non-hydrogen) atoms.